The summed E-state index contributed by atoms with van der Waals surface area (Å²) < 4.78 is 2.13. The normalized spacial score (nSPS) is 19.5. The average molecular weight is 652 g/mol. The van der Waals surface area contributed by atoms with Crippen molar-refractivity contribution in [3.63, 3.8) is 0 Å². The topological polar surface area (TPSA) is 132 Å². The fourth-order valence-electron chi connectivity index (χ4n) is 5.16. The smallest absolute Gasteiger partial charge is 0.308 e. The second-order valence-corrected chi connectivity index (χ2v) is 12.5. The van der Waals surface area contributed by atoms with E-state index in [1.165, 1.54) is 28.8 Å². The number of non-ortho nitro benzene ring substituents is 1. The minimum absolute atomic E-state index is 0.161. The molecule has 10 nitrogen and oxygen atoms in total. The summed E-state index contributed by atoms with van der Waals surface area (Å²) in [5.74, 6) is -2.78. The Morgan fingerprint density at radius 3 is 2.39 bits per heavy atom. The molecule has 2 aliphatic rings. The van der Waals surface area contributed by atoms with Crippen LogP contribution in [0.3, 0.4) is 0 Å². The number of nitro benzene ring substituents is 1. The second-order valence-electron chi connectivity index (χ2n) is 9.42. The van der Waals surface area contributed by atoms with E-state index in [0.29, 0.717) is 15.6 Å². The van der Waals surface area contributed by atoms with Gasteiger partial charge in [-0.15, -0.1) is 0 Å². The molecule has 0 spiro atoms. The number of carbonyl (C=O) groups is 3. The standard InChI is InChI=1S/C28H19BrN4O6S2/c29-16-6-4-5-15(13-16)21-22-23(26(36)32(25(22)35)18-9-11-19(12-10-18)33(38)39)40-27-24(21)41-28(37)31(27)14-20(34)30-17-7-2-1-3-8-17/h1-13,21-23H,14H2,(H,30,34)/t21-,22-,23+/m0/s1. The molecular weight excluding hydrogens is 632 g/mol. The van der Waals surface area contributed by atoms with Gasteiger partial charge in [-0.1, -0.05) is 69.4 Å². The zero-order valence-corrected chi connectivity index (χ0v) is 24.1. The van der Waals surface area contributed by atoms with Crippen molar-refractivity contribution in [3.05, 3.63) is 114 Å². The highest BCUT2D eigenvalue weighted by Gasteiger charge is 2.56. The molecule has 0 bridgehead atoms. The first-order chi connectivity index (χ1) is 19.7. The number of imide groups is 1. The third-order valence-corrected chi connectivity index (χ3v) is 10.0. The molecule has 1 aromatic heterocycles. The summed E-state index contributed by atoms with van der Waals surface area (Å²) in [5, 5.41) is 13.5. The Morgan fingerprint density at radius 1 is 0.976 bits per heavy atom. The highest BCUT2D eigenvalue weighted by molar-refractivity contribution is 9.10. The van der Waals surface area contributed by atoms with Crippen molar-refractivity contribution in [2.45, 2.75) is 22.7 Å². The molecule has 2 aliphatic heterocycles. The van der Waals surface area contributed by atoms with E-state index >= 15 is 0 Å². The highest BCUT2D eigenvalue weighted by atomic mass is 79.9. The molecule has 3 aromatic carbocycles. The Kier molecular flexibility index (Phi) is 7.09. The number of aromatic nitrogens is 1. The molecule has 206 valence electrons. The number of nitrogens with one attached hydrogen (secondary N) is 1. The summed E-state index contributed by atoms with van der Waals surface area (Å²) in [7, 11) is 0. The van der Waals surface area contributed by atoms with Crippen LogP contribution in [0.25, 0.3) is 0 Å². The maximum atomic E-state index is 13.9. The number of anilines is 2. The summed E-state index contributed by atoms with van der Waals surface area (Å²) in [6.45, 7) is -0.261. The molecule has 0 unspecified atom stereocenters. The molecule has 1 saturated heterocycles. The number of para-hydroxylation sites is 1. The minimum atomic E-state index is -0.869. The largest absolute Gasteiger partial charge is 0.325 e. The molecule has 3 amide bonds. The quantitative estimate of drug-likeness (QED) is 0.176. The van der Waals surface area contributed by atoms with Crippen LogP contribution >= 0.6 is 39.0 Å². The number of thioether (sulfide) groups is 1. The lowest BCUT2D eigenvalue weighted by Gasteiger charge is -2.30. The van der Waals surface area contributed by atoms with E-state index in [1.54, 1.807) is 24.3 Å². The van der Waals surface area contributed by atoms with Gasteiger partial charge in [0.15, 0.2) is 0 Å². The number of amides is 3. The molecule has 3 atom stereocenters. The van der Waals surface area contributed by atoms with Gasteiger partial charge in [0.25, 0.3) is 5.69 Å². The number of hydrogen-bond acceptors (Lipinski definition) is 8. The van der Waals surface area contributed by atoms with Crippen molar-refractivity contribution >= 4 is 73.8 Å². The van der Waals surface area contributed by atoms with Gasteiger partial charge in [-0.05, 0) is 42.0 Å². The molecule has 1 N–H and O–H groups in total. The molecule has 41 heavy (non-hydrogen) atoms. The SMILES string of the molecule is O=C(Cn1c2c(sc1=O)[C@@H](c1cccc(Br)c1)[C@@H]1C(=O)N(c3ccc([N+](=O)[O-])cc3)C(=O)[C@@H]1S2)Nc1ccccc1. The first-order valence-corrected chi connectivity index (χ1v) is 14.8. The van der Waals surface area contributed by atoms with Crippen molar-refractivity contribution < 1.29 is 19.3 Å². The van der Waals surface area contributed by atoms with Gasteiger partial charge >= 0.3 is 4.87 Å². The molecule has 0 saturated carbocycles. The van der Waals surface area contributed by atoms with Crippen LogP contribution in [0.2, 0.25) is 0 Å². The van der Waals surface area contributed by atoms with E-state index in [9.17, 15) is 29.3 Å². The van der Waals surface area contributed by atoms with Gasteiger partial charge in [0, 0.05) is 33.1 Å². The van der Waals surface area contributed by atoms with Crippen LogP contribution in [-0.2, 0) is 20.9 Å². The molecule has 1 fully saturated rings. The maximum absolute atomic E-state index is 13.9. The summed E-state index contributed by atoms with van der Waals surface area (Å²) in [6.07, 6.45) is 0. The second kappa shape index (κ2) is 10.7. The van der Waals surface area contributed by atoms with Crippen molar-refractivity contribution in [1.82, 2.24) is 4.57 Å². The average Bonchev–Trinajstić information content (AvgIpc) is 3.39. The Bertz CT molecular complexity index is 1770. The Morgan fingerprint density at radius 2 is 1.71 bits per heavy atom. The summed E-state index contributed by atoms with van der Waals surface area (Å²) >= 11 is 5.55. The fraction of sp³-hybridized carbons (Fsp3) is 0.143. The van der Waals surface area contributed by atoms with E-state index < -0.39 is 39.7 Å². The predicted molar refractivity (Wildman–Crippen MR) is 158 cm³/mol. The number of benzene rings is 3. The third kappa shape index (κ3) is 4.89. The predicted octanol–water partition coefficient (Wildman–Crippen LogP) is 5.02. The van der Waals surface area contributed by atoms with Gasteiger partial charge in [0.1, 0.15) is 11.8 Å². The summed E-state index contributed by atoms with van der Waals surface area (Å²) in [6, 6.07) is 21.5. The Labute approximate surface area is 249 Å². The number of halogens is 1. The van der Waals surface area contributed by atoms with Crippen molar-refractivity contribution in [2.24, 2.45) is 5.92 Å². The van der Waals surface area contributed by atoms with Crippen molar-refractivity contribution in [1.29, 1.82) is 0 Å². The third-order valence-electron chi connectivity index (χ3n) is 6.94. The number of carbonyl (C=O) groups excluding carboxylic acids is 3. The van der Waals surface area contributed by atoms with Crippen molar-refractivity contribution in [3.8, 4) is 0 Å². The zero-order chi connectivity index (χ0) is 28.8. The molecule has 13 heteroatoms. The fourth-order valence-corrected chi connectivity index (χ4v) is 8.35. The van der Waals surface area contributed by atoms with E-state index in [0.717, 1.165) is 38.0 Å². The molecule has 4 aromatic rings. The highest BCUT2D eigenvalue weighted by Crippen LogP contribution is 2.54. The summed E-state index contributed by atoms with van der Waals surface area (Å²) in [4.78, 5) is 65.7. The number of rotatable bonds is 6. The lowest BCUT2D eigenvalue weighted by Crippen LogP contribution is -2.33. The number of nitro groups is 1. The Hall–Kier alpha value is -4.07. The van der Waals surface area contributed by atoms with Gasteiger partial charge in [0.05, 0.1) is 21.6 Å². The van der Waals surface area contributed by atoms with E-state index in [4.69, 9.17) is 0 Å². The van der Waals surface area contributed by atoms with Gasteiger partial charge in [-0.3, -0.25) is 33.9 Å². The van der Waals surface area contributed by atoms with Crippen molar-refractivity contribution in [2.75, 3.05) is 10.2 Å². The summed E-state index contributed by atoms with van der Waals surface area (Å²) in [5.41, 5.74) is 1.40. The van der Waals surface area contributed by atoms with Crippen LogP contribution in [0.5, 0.6) is 0 Å². The van der Waals surface area contributed by atoms with Crippen LogP contribution in [0.15, 0.2) is 93.2 Å². The number of fused-ring (bicyclic) bond motifs is 2. The van der Waals surface area contributed by atoms with Gasteiger partial charge in [-0.25, -0.2) is 4.90 Å². The van der Waals surface area contributed by atoms with E-state index in [1.807, 2.05) is 30.3 Å². The zero-order valence-electron chi connectivity index (χ0n) is 20.9. The number of thiazole rings is 1. The first kappa shape index (κ1) is 27.1. The van der Waals surface area contributed by atoms with Crippen LogP contribution in [-0.4, -0.2) is 32.5 Å². The molecular formula is C28H19BrN4O6S2. The van der Waals surface area contributed by atoms with Crippen LogP contribution in [0.1, 0.15) is 16.4 Å². The van der Waals surface area contributed by atoms with E-state index in [2.05, 4.69) is 21.2 Å². The van der Waals surface area contributed by atoms with Crippen LogP contribution < -0.4 is 15.1 Å². The lowest BCUT2D eigenvalue weighted by molar-refractivity contribution is -0.384. The first-order valence-electron chi connectivity index (χ1n) is 12.4. The molecule has 0 aliphatic carbocycles. The minimum Gasteiger partial charge on any atom is -0.325 e. The Balaban J connectivity index is 1.41. The van der Waals surface area contributed by atoms with Gasteiger partial charge < -0.3 is 5.32 Å². The van der Waals surface area contributed by atoms with Crippen LogP contribution in [0, 0.1) is 16.0 Å². The monoisotopic (exact) mass is 650 g/mol. The molecule has 3 heterocycles. The van der Waals surface area contributed by atoms with Gasteiger partial charge in [-0.2, -0.15) is 0 Å². The number of hydrogen-bond donors (Lipinski definition) is 1. The number of nitrogens with zero attached hydrogens (tertiary/aromatic N) is 3. The molecule has 0 radical (unpaired) electrons. The maximum Gasteiger partial charge on any atom is 0.308 e. The van der Waals surface area contributed by atoms with Gasteiger partial charge in [0.2, 0.25) is 17.7 Å². The lowest BCUT2D eigenvalue weighted by atomic mass is 9.83. The molecule has 6 rings (SSSR count). The van der Waals surface area contributed by atoms with Crippen LogP contribution in [0.4, 0.5) is 17.1 Å². The van der Waals surface area contributed by atoms with E-state index in [-0.39, 0.29) is 22.8 Å².